The second-order valence-electron chi connectivity index (χ2n) is 7.51. The number of ketones is 1. The molecule has 0 unspecified atom stereocenters. The Morgan fingerprint density at radius 2 is 2.00 bits per heavy atom. The van der Waals surface area contributed by atoms with Gasteiger partial charge < -0.3 is 14.1 Å². The van der Waals surface area contributed by atoms with E-state index >= 15 is 0 Å². The van der Waals surface area contributed by atoms with Gasteiger partial charge in [-0.25, -0.2) is 8.42 Å². The first-order valence-electron chi connectivity index (χ1n) is 10.2. The topological polar surface area (TPSA) is 109 Å². The van der Waals surface area contributed by atoms with Gasteiger partial charge in [0.15, 0.2) is 6.61 Å². The van der Waals surface area contributed by atoms with Crippen LogP contribution >= 0.6 is 0 Å². The summed E-state index contributed by atoms with van der Waals surface area (Å²) >= 11 is 0. The molecule has 0 amide bonds. The van der Waals surface area contributed by atoms with E-state index in [9.17, 15) is 13.2 Å². The zero-order valence-electron chi connectivity index (χ0n) is 18.0. The highest BCUT2D eigenvalue weighted by Crippen LogP contribution is 2.21. The number of rotatable bonds is 8. The van der Waals surface area contributed by atoms with Gasteiger partial charge in [-0.1, -0.05) is 10.9 Å². The lowest BCUT2D eigenvalue weighted by Gasteiger charge is -2.26. The van der Waals surface area contributed by atoms with E-state index in [1.807, 2.05) is 24.5 Å². The lowest BCUT2D eigenvalue weighted by molar-refractivity contribution is 0.0629. The molecule has 3 heterocycles. The molecule has 0 atom stereocenters. The van der Waals surface area contributed by atoms with Crippen molar-refractivity contribution in [3.63, 3.8) is 0 Å². The van der Waals surface area contributed by atoms with E-state index in [0.29, 0.717) is 49.4 Å². The Morgan fingerprint density at radius 3 is 2.72 bits per heavy atom. The maximum Gasteiger partial charge on any atom is 0.243 e. The maximum absolute atomic E-state index is 13.0. The van der Waals surface area contributed by atoms with Gasteiger partial charge in [-0.2, -0.15) is 4.31 Å². The van der Waals surface area contributed by atoms with Crippen LogP contribution in [0.15, 0.2) is 41.8 Å². The van der Waals surface area contributed by atoms with Gasteiger partial charge >= 0.3 is 0 Å². The number of Topliss-reactive ketones (excluding diaryl/α,β-unsaturated/α-hetero) is 1. The Balaban J connectivity index is 1.55. The number of benzene rings is 1. The summed E-state index contributed by atoms with van der Waals surface area (Å²) in [5.41, 5.74) is 3.17. The van der Waals surface area contributed by atoms with Crippen LogP contribution in [0.1, 0.15) is 21.7 Å². The zero-order chi connectivity index (χ0) is 22.9. The van der Waals surface area contributed by atoms with E-state index in [0.717, 1.165) is 16.2 Å². The van der Waals surface area contributed by atoms with E-state index in [1.165, 1.54) is 16.4 Å². The van der Waals surface area contributed by atoms with Crippen LogP contribution in [0.3, 0.4) is 0 Å². The lowest BCUT2D eigenvalue weighted by atomic mass is 10.2. The van der Waals surface area contributed by atoms with Crippen molar-refractivity contribution in [2.45, 2.75) is 25.3 Å². The minimum Gasteiger partial charge on any atom is -0.387 e. The largest absolute Gasteiger partial charge is 0.387 e. The Bertz CT molecular complexity index is 1270. The van der Waals surface area contributed by atoms with E-state index in [-0.39, 0.29) is 17.3 Å². The summed E-state index contributed by atoms with van der Waals surface area (Å²) in [6.07, 6.45) is 1.77. The zero-order valence-corrected chi connectivity index (χ0v) is 18.8. The monoisotopic (exact) mass is 459 g/mol. The number of sulfonamides is 1. The normalized spacial score (nSPS) is 15.2. The second-order valence-corrected chi connectivity index (χ2v) is 9.45. The van der Waals surface area contributed by atoms with Crippen LogP contribution in [-0.2, 0) is 21.3 Å². The van der Waals surface area contributed by atoms with Crippen molar-refractivity contribution in [2.75, 3.05) is 32.9 Å². The van der Waals surface area contributed by atoms with E-state index < -0.39 is 10.0 Å². The number of aryl methyl sites for hydroxylation is 1. The van der Waals surface area contributed by atoms with Gasteiger partial charge in [0, 0.05) is 36.6 Å². The number of morpholine rings is 1. The molecular formula is C21H25N5O5S. The molecule has 0 radical (unpaired) electrons. The summed E-state index contributed by atoms with van der Waals surface area (Å²) in [7, 11) is -3.68. The van der Waals surface area contributed by atoms with E-state index in [1.54, 1.807) is 12.1 Å². The van der Waals surface area contributed by atoms with Crippen LogP contribution in [-0.4, -0.2) is 71.1 Å². The first kappa shape index (κ1) is 22.2. The average Bonchev–Trinajstić information content (AvgIpc) is 3.33. The first-order valence-corrected chi connectivity index (χ1v) is 11.6. The highest BCUT2D eigenvalue weighted by molar-refractivity contribution is 7.89. The molecule has 1 aliphatic heterocycles. The fourth-order valence-electron chi connectivity index (χ4n) is 3.76. The molecule has 1 fully saturated rings. The summed E-state index contributed by atoms with van der Waals surface area (Å²) in [4.78, 5) is 19.5. The van der Waals surface area contributed by atoms with Crippen molar-refractivity contribution < 1.29 is 22.8 Å². The number of carbonyl (C=O) groups excluding carboxylic acids is 1. The molecule has 10 nitrogen and oxygen atoms in total. The van der Waals surface area contributed by atoms with Gasteiger partial charge in [0.1, 0.15) is 11.0 Å². The summed E-state index contributed by atoms with van der Waals surface area (Å²) in [5.74, 6) is -0.214. The predicted molar refractivity (Wildman–Crippen MR) is 117 cm³/mol. The third-order valence-electron chi connectivity index (χ3n) is 5.50. The highest BCUT2D eigenvalue weighted by atomic mass is 32.2. The number of hydrogen-bond donors (Lipinski definition) is 0. The van der Waals surface area contributed by atoms with Crippen molar-refractivity contribution in [1.29, 1.82) is 0 Å². The van der Waals surface area contributed by atoms with Gasteiger partial charge in [0.2, 0.25) is 15.8 Å². The summed E-state index contributed by atoms with van der Waals surface area (Å²) in [6.45, 7) is 9.21. The number of hydrogen-bond acceptors (Lipinski definition) is 7. The molecule has 1 saturated heterocycles. The predicted octanol–water partition coefficient (Wildman–Crippen LogP) is 1.37. The minimum atomic E-state index is -3.68. The Kier molecular flexibility index (Phi) is 6.13. The number of allylic oxidation sites excluding steroid dienone is 1. The van der Waals surface area contributed by atoms with Crippen molar-refractivity contribution in [3.05, 3.63) is 53.9 Å². The van der Waals surface area contributed by atoms with Crippen LogP contribution < -0.4 is 4.84 Å². The summed E-state index contributed by atoms with van der Waals surface area (Å²) < 4.78 is 34.5. The number of carbonyl (C=O) groups is 1. The molecule has 0 bridgehead atoms. The van der Waals surface area contributed by atoms with Crippen molar-refractivity contribution in [2.24, 2.45) is 0 Å². The number of ether oxygens (including phenoxy) is 1. The smallest absolute Gasteiger partial charge is 0.243 e. The van der Waals surface area contributed by atoms with E-state index in [4.69, 9.17) is 9.57 Å². The van der Waals surface area contributed by atoms with Gasteiger partial charge in [0.25, 0.3) is 0 Å². The minimum absolute atomic E-state index is 0.110. The molecule has 32 heavy (non-hydrogen) atoms. The quantitative estimate of drug-likeness (QED) is 0.370. The second kappa shape index (κ2) is 8.85. The Hall–Kier alpha value is -3.02. The maximum atomic E-state index is 13.0. The van der Waals surface area contributed by atoms with Crippen LogP contribution in [0.2, 0.25) is 0 Å². The van der Waals surface area contributed by atoms with Crippen molar-refractivity contribution in [3.8, 4) is 0 Å². The third kappa shape index (κ3) is 4.06. The molecule has 0 saturated carbocycles. The van der Waals surface area contributed by atoms with Gasteiger partial charge in [-0.05, 0) is 43.3 Å². The average molecular weight is 460 g/mol. The standard InChI is InChI=1S/C21H25N5O5S/c1-4-7-25-15(2)12-18(16(25)3)21(27)14-31-26-20-13-17(5-6-19(20)22-23-26)32(28,29)24-8-10-30-11-9-24/h4-6,12-13H,1,7-11,14H2,2-3H3. The Morgan fingerprint density at radius 1 is 1.25 bits per heavy atom. The number of nitrogens with zero attached hydrogens (tertiary/aromatic N) is 5. The van der Waals surface area contributed by atoms with Gasteiger partial charge in [-0.3, -0.25) is 4.79 Å². The molecule has 4 rings (SSSR count). The molecular weight excluding hydrogens is 434 g/mol. The molecule has 0 N–H and O–H groups in total. The van der Waals surface area contributed by atoms with Gasteiger partial charge in [0.05, 0.1) is 18.1 Å². The molecule has 0 aliphatic carbocycles. The molecule has 2 aromatic heterocycles. The molecule has 1 aromatic carbocycles. The van der Waals surface area contributed by atoms with Crippen LogP contribution in [0.4, 0.5) is 0 Å². The van der Waals surface area contributed by atoms with Gasteiger partial charge in [-0.15, -0.1) is 11.7 Å². The molecule has 170 valence electrons. The number of fused-ring (bicyclic) bond motifs is 1. The fourth-order valence-corrected chi connectivity index (χ4v) is 5.19. The van der Waals surface area contributed by atoms with Crippen molar-refractivity contribution >= 4 is 26.8 Å². The molecule has 1 aliphatic rings. The fraction of sp³-hybridized carbons (Fsp3) is 0.381. The van der Waals surface area contributed by atoms with Crippen molar-refractivity contribution in [1.82, 2.24) is 24.0 Å². The summed E-state index contributed by atoms with van der Waals surface area (Å²) in [5, 5.41) is 7.91. The molecule has 0 spiro atoms. The van der Waals surface area contributed by atoms with Crippen LogP contribution in [0.25, 0.3) is 11.0 Å². The number of aromatic nitrogens is 4. The molecule has 3 aromatic rings. The molecule has 11 heteroatoms. The SMILES string of the molecule is C=CCn1c(C)cc(C(=O)COn2nnc3ccc(S(=O)(=O)N4CCOCC4)cc32)c1C. The highest BCUT2D eigenvalue weighted by Gasteiger charge is 2.27. The summed E-state index contributed by atoms with van der Waals surface area (Å²) in [6, 6.07) is 6.34. The third-order valence-corrected chi connectivity index (χ3v) is 7.39. The first-order chi connectivity index (χ1) is 15.3. The van der Waals surface area contributed by atoms with Crippen LogP contribution in [0, 0.1) is 13.8 Å². The lowest BCUT2D eigenvalue weighted by Crippen LogP contribution is -2.40. The Labute approximate surface area is 186 Å². The van der Waals surface area contributed by atoms with Crippen LogP contribution in [0.5, 0.6) is 0 Å². The van der Waals surface area contributed by atoms with E-state index in [2.05, 4.69) is 16.9 Å².